The third-order valence-corrected chi connectivity index (χ3v) is 1.83. The number of aromatic nitrogens is 2. The number of hydrogen-bond acceptors (Lipinski definition) is 1. The van der Waals surface area contributed by atoms with Gasteiger partial charge in [0, 0.05) is 12.4 Å². The number of hydrogen-bond donors (Lipinski definition) is 0. The molecular formula is C9H9N2. The Balaban J connectivity index is 2.95. The summed E-state index contributed by atoms with van der Waals surface area (Å²) in [6.07, 6.45) is 0. The zero-order valence-corrected chi connectivity index (χ0v) is 6.41. The Labute approximate surface area is 65.5 Å². The topological polar surface area (TPSA) is 17.8 Å². The van der Waals surface area contributed by atoms with Gasteiger partial charge in [0.15, 0.2) is 0 Å². The van der Waals surface area contributed by atoms with Gasteiger partial charge >= 0.3 is 0 Å². The molecule has 0 atom stereocenters. The second-order valence-electron chi connectivity index (χ2n) is 2.59. The van der Waals surface area contributed by atoms with Gasteiger partial charge in [-0.15, -0.1) is 0 Å². The molecule has 1 radical (unpaired) electrons. The molecule has 0 saturated heterocycles. The Morgan fingerprint density at radius 1 is 1.36 bits per heavy atom. The number of rotatable bonds is 0. The van der Waals surface area contributed by atoms with Crippen molar-refractivity contribution in [2.24, 2.45) is 7.05 Å². The van der Waals surface area contributed by atoms with Gasteiger partial charge in [-0.1, -0.05) is 18.2 Å². The maximum atomic E-state index is 4.20. The Hall–Kier alpha value is -1.31. The summed E-state index contributed by atoms with van der Waals surface area (Å²) >= 11 is 0. The third-order valence-electron chi connectivity index (χ3n) is 1.83. The molecule has 0 saturated carbocycles. The highest BCUT2D eigenvalue weighted by atomic mass is 15.3. The van der Waals surface area contributed by atoms with Gasteiger partial charge in [0.2, 0.25) is 0 Å². The van der Waals surface area contributed by atoms with E-state index in [1.807, 2.05) is 36.0 Å². The largest absolute Gasteiger partial charge is 0.268 e. The average Bonchev–Trinajstić information content (AvgIpc) is 2.30. The van der Waals surface area contributed by atoms with E-state index in [1.165, 1.54) is 0 Å². The minimum absolute atomic E-state index is 0.850. The zero-order chi connectivity index (χ0) is 7.84. The van der Waals surface area contributed by atoms with Crippen molar-refractivity contribution < 1.29 is 0 Å². The Morgan fingerprint density at radius 2 is 2.09 bits per heavy atom. The Bertz CT molecular complexity index is 351. The van der Waals surface area contributed by atoms with Gasteiger partial charge in [0.25, 0.3) is 0 Å². The van der Waals surface area contributed by atoms with Crippen LogP contribution in [0.1, 0.15) is 5.69 Å². The Kier molecular flexibility index (Phi) is 1.22. The lowest BCUT2D eigenvalue weighted by molar-refractivity contribution is 0.790. The van der Waals surface area contributed by atoms with Crippen LogP contribution in [0.3, 0.4) is 0 Å². The number of para-hydroxylation sites is 1. The molecule has 1 aromatic heterocycles. The van der Waals surface area contributed by atoms with E-state index in [1.54, 1.807) is 0 Å². The molecule has 0 spiro atoms. The second-order valence-corrected chi connectivity index (χ2v) is 2.59. The van der Waals surface area contributed by atoms with E-state index in [9.17, 15) is 0 Å². The lowest BCUT2D eigenvalue weighted by atomic mass is 10.2. The smallest absolute Gasteiger partial charge is 0.0707 e. The quantitative estimate of drug-likeness (QED) is 0.552. The maximum Gasteiger partial charge on any atom is 0.0707 e. The van der Waals surface area contributed by atoms with Crippen LogP contribution in [-0.2, 0) is 7.05 Å². The minimum atomic E-state index is 0.850. The first kappa shape index (κ1) is 6.40. The van der Waals surface area contributed by atoms with E-state index in [4.69, 9.17) is 0 Å². The molecule has 0 aliphatic carbocycles. The van der Waals surface area contributed by atoms with Gasteiger partial charge in [-0.05, 0) is 13.0 Å². The fraction of sp³-hybridized carbons (Fsp3) is 0.111. The van der Waals surface area contributed by atoms with Crippen molar-refractivity contribution in [2.75, 3.05) is 0 Å². The van der Waals surface area contributed by atoms with Crippen LogP contribution in [0.4, 0.5) is 0 Å². The summed E-state index contributed by atoms with van der Waals surface area (Å²) in [6.45, 7) is 3.84. The van der Waals surface area contributed by atoms with Crippen molar-refractivity contribution in [3.05, 3.63) is 36.9 Å². The van der Waals surface area contributed by atoms with Gasteiger partial charge < -0.3 is 0 Å². The molecule has 1 aromatic carbocycles. The lowest BCUT2D eigenvalue weighted by Crippen LogP contribution is -1.88. The number of nitrogens with zero attached hydrogens (tertiary/aromatic N) is 2. The van der Waals surface area contributed by atoms with E-state index in [0.29, 0.717) is 0 Å². The highest BCUT2D eigenvalue weighted by Crippen LogP contribution is 2.15. The van der Waals surface area contributed by atoms with Crippen LogP contribution in [0.15, 0.2) is 24.3 Å². The van der Waals surface area contributed by atoms with E-state index in [2.05, 4.69) is 12.0 Å². The van der Waals surface area contributed by atoms with E-state index in [0.717, 1.165) is 16.6 Å². The number of benzene rings is 1. The first-order valence-corrected chi connectivity index (χ1v) is 3.53. The first-order valence-electron chi connectivity index (χ1n) is 3.53. The summed E-state index contributed by atoms with van der Waals surface area (Å²) in [5, 5.41) is 5.33. The minimum Gasteiger partial charge on any atom is -0.268 e. The molecule has 0 aliphatic heterocycles. The van der Waals surface area contributed by atoms with Crippen molar-refractivity contribution in [3.8, 4) is 0 Å². The van der Waals surface area contributed by atoms with Crippen molar-refractivity contribution in [1.82, 2.24) is 9.78 Å². The predicted molar refractivity (Wildman–Crippen MR) is 45.2 cm³/mol. The molecule has 0 unspecified atom stereocenters. The average molecular weight is 145 g/mol. The van der Waals surface area contributed by atoms with Gasteiger partial charge in [0.05, 0.1) is 11.2 Å². The molecule has 2 aromatic rings. The molecule has 0 fully saturated rings. The highest BCUT2D eigenvalue weighted by Gasteiger charge is 2.00. The predicted octanol–water partition coefficient (Wildman–Crippen LogP) is 1.76. The fourth-order valence-electron chi connectivity index (χ4n) is 1.29. The van der Waals surface area contributed by atoms with Crippen molar-refractivity contribution in [2.45, 2.75) is 0 Å². The zero-order valence-electron chi connectivity index (χ0n) is 6.41. The summed E-state index contributed by atoms with van der Waals surface area (Å²) in [5.74, 6) is 0. The van der Waals surface area contributed by atoms with Gasteiger partial charge in [-0.25, -0.2) is 0 Å². The molecule has 0 bridgehead atoms. The molecule has 2 nitrogen and oxygen atoms in total. The monoisotopic (exact) mass is 145 g/mol. The van der Waals surface area contributed by atoms with Gasteiger partial charge in [0.1, 0.15) is 0 Å². The van der Waals surface area contributed by atoms with Crippen molar-refractivity contribution in [1.29, 1.82) is 0 Å². The second kappa shape index (κ2) is 2.09. The normalized spacial score (nSPS) is 10.7. The molecule has 11 heavy (non-hydrogen) atoms. The maximum absolute atomic E-state index is 4.20. The van der Waals surface area contributed by atoms with Crippen molar-refractivity contribution >= 4 is 10.9 Å². The van der Waals surface area contributed by atoms with E-state index in [-0.39, 0.29) is 0 Å². The number of aryl methyl sites for hydroxylation is 1. The standard InChI is InChI=1S/C9H9N2/c1-7-8-5-3-4-6-9(8)11(2)10-7/h3-6H,1H2,2H3. The molecule has 0 aliphatic rings. The van der Waals surface area contributed by atoms with Crippen LogP contribution in [0, 0.1) is 6.92 Å². The Morgan fingerprint density at radius 3 is 2.82 bits per heavy atom. The SMILES string of the molecule is [CH2]c1nn(C)c2ccccc12. The lowest BCUT2D eigenvalue weighted by Gasteiger charge is -1.90. The third kappa shape index (κ3) is 0.827. The summed E-state index contributed by atoms with van der Waals surface area (Å²) < 4.78 is 1.84. The van der Waals surface area contributed by atoms with Crippen LogP contribution >= 0.6 is 0 Å². The van der Waals surface area contributed by atoms with Crippen LogP contribution < -0.4 is 0 Å². The van der Waals surface area contributed by atoms with Crippen molar-refractivity contribution in [3.63, 3.8) is 0 Å². The summed E-state index contributed by atoms with van der Waals surface area (Å²) in [5.41, 5.74) is 1.99. The van der Waals surface area contributed by atoms with Crippen LogP contribution in [0.2, 0.25) is 0 Å². The molecule has 55 valence electrons. The summed E-state index contributed by atoms with van der Waals surface area (Å²) in [6, 6.07) is 8.07. The van der Waals surface area contributed by atoms with Crippen LogP contribution in [0.5, 0.6) is 0 Å². The molecular weight excluding hydrogens is 136 g/mol. The molecule has 2 rings (SSSR count). The summed E-state index contributed by atoms with van der Waals surface area (Å²) in [4.78, 5) is 0. The number of fused-ring (bicyclic) bond motifs is 1. The van der Waals surface area contributed by atoms with Crippen LogP contribution in [0.25, 0.3) is 10.9 Å². The fourth-order valence-corrected chi connectivity index (χ4v) is 1.29. The molecule has 2 heteroatoms. The summed E-state index contributed by atoms with van der Waals surface area (Å²) in [7, 11) is 1.93. The first-order chi connectivity index (χ1) is 5.29. The van der Waals surface area contributed by atoms with Gasteiger partial charge in [-0.2, -0.15) is 5.10 Å². The molecule has 1 heterocycles. The molecule has 0 N–H and O–H groups in total. The van der Waals surface area contributed by atoms with E-state index >= 15 is 0 Å². The van der Waals surface area contributed by atoms with Gasteiger partial charge in [-0.3, -0.25) is 4.68 Å². The van der Waals surface area contributed by atoms with E-state index < -0.39 is 0 Å². The highest BCUT2D eigenvalue weighted by molar-refractivity contribution is 5.82. The molecule has 0 amide bonds. The van der Waals surface area contributed by atoms with Crippen LogP contribution in [-0.4, -0.2) is 9.78 Å².